The first-order valence-corrected chi connectivity index (χ1v) is 9.20. The maximum atomic E-state index is 12.8. The van der Waals surface area contributed by atoms with E-state index in [9.17, 15) is 13.2 Å². The van der Waals surface area contributed by atoms with E-state index in [1.807, 2.05) is 12.2 Å². The minimum absolute atomic E-state index is 0.371. The molecular weight excluding hydrogens is 337 g/mol. The number of fused-ring (bicyclic) bond motifs is 1. The lowest BCUT2D eigenvalue weighted by Gasteiger charge is -2.38. The first kappa shape index (κ1) is 19.2. The van der Waals surface area contributed by atoms with Gasteiger partial charge in [-0.25, -0.2) is 0 Å². The molecule has 0 aromatic heterocycles. The van der Waals surface area contributed by atoms with Crippen LogP contribution in [0.25, 0.3) is 0 Å². The van der Waals surface area contributed by atoms with Gasteiger partial charge in [0.05, 0.1) is 0 Å². The predicted molar refractivity (Wildman–Crippen MR) is 99.8 cm³/mol. The third-order valence-corrected chi connectivity index (χ3v) is 5.33. The summed E-state index contributed by atoms with van der Waals surface area (Å²) in [6, 6.07) is 0.557. The lowest BCUT2D eigenvalue weighted by molar-refractivity contribution is -0.0891. The molecule has 3 rings (SSSR count). The summed E-state index contributed by atoms with van der Waals surface area (Å²) in [4.78, 5) is 4.85. The average Bonchev–Trinajstić information content (AvgIpc) is 3.28. The van der Waals surface area contributed by atoms with Crippen LogP contribution in [-0.4, -0.2) is 55.2 Å². The molecule has 1 saturated heterocycles. The van der Waals surface area contributed by atoms with Gasteiger partial charge in [0.2, 0.25) is 0 Å². The molecule has 0 N–H and O–H groups in total. The smallest absolute Gasteiger partial charge is 0.304 e. The highest BCUT2D eigenvalue weighted by atomic mass is 19.4. The molecule has 1 aliphatic heterocycles. The van der Waals surface area contributed by atoms with Gasteiger partial charge in [-0.3, -0.25) is 4.90 Å². The monoisotopic (exact) mass is 364 g/mol. The summed E-state index contributed by atoms with van der Waals surface area (Å²) in [7, 11) is 2.16. The number of allylic oxidation sites excluding steroid dienone is 9. The maximum Gasteiger partial charge on any atom is 0.413 e. The largest absolute Gasteiger partial charge is 0.413 e. The Balaban J connectivity index is 1.46. The van der Waals surface area contributed by atoms with Gasteiger partial charge >= 0.3 is 6.18 Å². The molecule has 3 aliphatic rings. The number of likely N-dealkylation sites (N-methyl/N-ethyl adjacent to an activating group) is 1. The fraction of sp³-hybridized carbons (Fsp3) is 0.524. The third-order valence-electron chi connectivity index (χ3n) is 5.33. The first-order valence-electron chi connectivity index (χ1n) is 9.20. The Labute approximate surface area is 154 Å². The van der Waals surface area contributed by atoms with Crippen LogP contribution in [0.2, 0.25) is 0 Å². The number of hydrogen-bond acceptors (Lipinski definition) is 2. The van der Waals surface area contributed by atoms with E-state index < -0.39 is 12.1 Å². The Bertz CT molecular complexity index is 695. The van der Waals surface area contributed by atoms with Crippen LogP contribution in [0.5, 0.6) is 0 Å². The van der Waals surface area contributed by atoms with Crippen molar-refractivity contribution < 1.29 is 13.2 Å². The van der Waals surface area contributed by atoms with Crippen LogP contribution in [0.4, 0.5) is 13.2 Å². The van der Waals surface area contributed by atoms with Gasteiger partial charge in [0.25, 0.3) is 0 Å². The summed E-state index contributed by atoms with van der Waals surface area (Å²) in [5, 5.41) is 0. The number of hydrogen-bond donors (Lipinski definition) is 0. The molecule has 2 unspecified atom stereocenters. The molecule has 0 aromatic carbocycles. The average molecular weight is 364 g/mol. The van der Waals surface area contributed by atoms with E-state index in [1.165, 1.54) is 5.57 Å². The molecule has 1 heterocycles. The molecule has 0 amide bonds. The molecule has 5 heteroatoms. The van der Waals surface area contributed by atoms with Gasteiger partial charge in [-0.05, 0) is 38.5 Å². The van der Waals surface area contributed by atoms with Crippen LogP contribution in [0.3, 0.4) is 0 Å². The second-order valence-corrected chi connectivity index (χ2v) is 7.65. The topological polar surface area (TPSA) is 6.48 Å². The van der Waals surface area contributed by atoms with Gasteiger partial charge in [-0.2, -0.15) is 13.2 Å². The van der Waals surface area contributed by atoms with Gasteiger partial charge in [0, 0.05) is 43.7 Å². The first-order chi connectivity index (χ1) is 12.3. The molecule has 0 saturated carbocycles. The molecule has 1 fully saturated rings. The Kier molecular flexibility index (Phi) is 5.58. The maximum absolute atomic E-state index is 12.8. The summed E-state index contributed by atoms with van der Waals surface area (Å²) < 4.78 is 38.3. The van der Waals surface area contributed by atoms with E-state index in [2.05, 4.69) is 36.8 Å². The van der Waals surface area contributed by atoms with Crippen molar-refractivity contribution >= 4 is 0 Å². The zero-order valence-electron chi connectivity index (χ0n) is 15.7. The molecule has 26 heavy (non-hydrogen) atoms. The lowest BCUT2D eigenvalue weighted by atomic mass is 10.0. The summed E-state index contributed by atoms with van der Waals surface area (Å²) in [5.74, 6) is -0.501. The fourth-order valence-corrected chi connectivity index (χ4v) is 3.79. The number of rotatable bonds is 5. The minimum atomic E-state index is -4.19. The van der Waals surface area contributed by atoms with E-state index in [0.29, 0.717) is 18.0 Å². The van der Waals surface area contributed by atoms with Gasteiger partial charge in [0.1, 0.15) is 0 Å². The highest BCUT2D eigenvalue weighted by Crippen LogP contribution is 2.53. The summed E-state index contributed by atoms with van der Waals surface area (Å²) in [6.45, 7) is 8.64. The number of alkyl halides is 3. The zero-order chi connectivity index (χ0) is 18.9. The van der Waals surface area contributed by atoms with Crippen LogP contribution in [-0.2, 0) is 0 Å². The highest BCUT2D eigenvalue weighted by Gasteiger charge is 2.51. The Morgan fingerprint density at radius 2 is 2.04 bits per heavy atom. The van der Waals surface area contributed by atoms with Gasteiger partial charge in [0.15, 0.2) is 0 Å². The van der Waals surface area contributed by atoms with Gasteiger partial charge in [-0.1, -0.05) is 42.0 Å². The van der Waals surface area contributed by atoms with Crippen molar-refractivity contribution in [3.05, 3.63) is 58.7 Å². The van der Waals surface area contributed by atoms with Crippen molar-refractivity contribution in [1.82, 2.24) is 9.80 Å². The molecule has 2 aliphatic carbocycles. The zero-order valence-corrected chi connectivity index (χ0v) is 15.7. The molecule has 2 nitrogen and oxygen atoms in total. The Hall–Kier alpha value is -1.59. The molecular formula is C21H27F3N2. The van der Waals surface area contributed by atoms with Crippen molar-refractivity contribution in [2.45, 2.75) is 32.5 Å². The van der Waals surface area contributed by atoms with Crippen molar-refractivity contribution in [3.8, 4) is 0 Å². The molecule has 2 atom stereocenters. The molecule has 0 bridgehead atoms. The summed E-state index contributed by atoms with van der Waals surface area (Å²) in [5.41, 5.74) is 2.32. The van der Waals surface area contributed by atoms with E-state index >= 15 is 0 Å². The summed E-state index contributed by atoms with van der Waals surface area (Å²) in [6.07, 6.45) is 7.79. The molecule has 0 radical (unpaired) electrons. The normalized spacial score (nSPS) is 27.9. The SMILES string of the molecule is C/C(=C\C=C/CC1=CC2C(=C2C(F)(F)F)C=C1)CN1CCN(C)CC1C. The number of nitrogens with zero attached hydrogens (tertiary/aromatic N) is 2. The van der Waals surface area contributed by atoms with Crippen LogP contribution in [0.1, 0.15) is 20.3 Å². The van der Waals surface area contributed by atoms with Crippen molar-refractivity contribution in [3.63, 3.8) is 0 Å². The summed E-state index contributed by atoms with van der Waals surface area (Å²) >= 11 is 0. The molecule has 142 valence electrons. The quantitative estimate of drug-likeness (QED) is 0.663. The van der Waals surface area contributed by atoms with Gasteiger partial charge < -0.3 is 4.90 Å². The second-order valence-electron chi connectivity index (χ2n) is 7.65. The third kappa shape index (κ3) is 4.57. The van der Waals surface area contributed by atoms with Crippen molar-refractivity contribution in [1.29, 1.82) is 0 Å². The predicted octanol–water partition coefficient (Wildman–Crippen LogP) is 4.50. The lowest BCUT2D eigenvalue weighted by Crippen LogP contribution is -2.50. The number of halogens is 3. The van der Waals surface area contributed by atoms with Gasteiger partial charge in [-0.15, -0.1) is 0 Å². The second kappa shape index (κ2) is 7.57. The molecule has 0 aromatic rings. The van der Waals surface area contributed by atoms with Crippen molar-refractivity contribution in [2.75, 3.05) is 33.2 Å². The fourth-order valence-electron chi connectivity index (χ4n) is 3.79. The van der Waals surface area contributed by atoms with E-state index in [1.54, 1.807) is 18.2 Å². The van der Waals surface area contributed by atoms with Crippen LogP contribution >= 0.6 is 0 Å². The van der Waals surface area contributed by atoms with E-state index in [-0.39, 0.29) is 5.57 Å². The van der Waals surface area contributed by atoms with Crippen molar-refractivity contribution in [2.24, 2.45) is 5.92 Å². The van der Waals surface area contributed by atoms with Crippen LogP contribution in [0, 0.1) is 5.92 Å². The van der Waals surface area contributed by atoms with E-state index in [4.69, 9.17) is 0 Å². The number of piperazine rings is 1. The highest BCUT2D eigenvalue weighted by molar-refractivity contribution is 5.59. The van der Waals surface area contributed by atoms with E-state index in [0.717, 1.165) is 31.8 Å². The molecule has 0 spiro atoms. The Morgan fingerprint density at radius 1 is 1.27 bits per heavy atom. The minimum Gasteiger partial charge on any atom is -0.304 e. The standard InChI is InChI=1S/C21H27F3N2/c1-15(13-26-11-10-25(3)14-16(26)2)6-4-5-7-17-8-9-18-19(12-17)20(18)21(22,23)24/h4-6,8-9,12,16,19H,7,10-11,13-14H2,1-3H3/b5-4-,15-6+. The van der Waals surface area contributed by atoms with Crippen LogP contribution < -0.4 is 0 Å². The Morgan fingerprint density at radius 3 is 2.73 bits per heavy atom. The van der Waals surface area contributed by atoms with Crippen LogP contribution in [0.15, 0.2) is 58.7 Å².